The Bertz CT molecular complexity index is 676. The smallest absolute Gasteiger partial charge is 0.405 e. The molecule has 0 atom stereocenters. The van der Waals surface area contributed by atoms with Gasteiger partial charge in [0.25, 0.3) is 0 Å². The molecule has 1 saturated heterocycles. The van der Waals surface area contributed by atoms with Crippen molar-refractivity contribution in [2.45, 2.75) is 46.5 Å². The maximum absolute atomic E-state index is 12.5. The summed E-state index contributed by atoms with van der Waals surface area (Å²) in [6.45, 7) is 6.52. The van der Waals surface area contributed by atoms with Crippen LogP contribution in [0.4, 0.5) is 13.2 Å². The molecule has 1 aromatic carbocycles. The molecule has 1 fully saturated rings. The van der Waals surface area contributed by atoms with Crippen molar-refractivity contribution < 1.29 is 27.5 Å². The van der Waals surface area contributed by atoms with Crippen LogP contribution in [0.1, 0.15) is 39.2 Å². The van der Waals surface area contributed by atoms with Crippen molar-refractivity contribution in [2.75, 3.05) is 13.1 Å². The number of likely N-dealkylation sites (tertiary alicyclic amines) is 1. The van der Waals surface area contributed by atoms with Crippen molar-refractivity contribution in [3.8, 4) is 5.75 Å². The first-order valence-corrected chi connectivity index (χ1v) is 8.88. The first-order chi connectivity index (χ1) is 12.5. The van der Waals surface area contributed by atoms with Gasteiger partial charge in [-0.05, 0) is 18.9 Å². The van der Waals surface area contributed by atoms with Crippen LogP contribution in [0, 0.1) is 11.3 Å². The van der Waals surface area contributed by atoms with Crippen molar-refractivity contribution in [2.24, 2.45) is 11.3 Å². The molecule has 1 heterocycles. The number of carbonyl (C=O) groups excluding carboxylic acids is 2. The standard InChI is InChI=1S/C19H25F3N2O3/c1-18(2,3)17(26)24-10-8-13(9-11-24)16(25)23-12-14-6-4-5-7-15(14)27-19(20,21)22/h4-7,13H,8-12H2,1-3H3,(H,23,25). The fourth-order valence-corrected chi connectivity index (χ4v) is 3.02. The highest BCUT2D eigenvalue weighted by Gasteiger charge is 2.33. The van der Waals surface area contributed by atoms with Gasteiger partial charge in [0, 0.05) is 36.5 Å². The number of hydrogen-bond donors (Lipinski definition) is 1. The third-order valence-electron chi connectivity index (χ3n) is 4.45. The van der Waals surface area contributed by atoms with E-state index < -0.39 is 11.8 Å². The summed E-state index contributed by atoms with van der Waals surface area (Å²) in [4.78, 5) is 26.4. The molecule has 1 aliphatic heterocycles. The van der Waals surface area contributed by atoms with Gasteiger partial charge in [-0.3, -0.25) is 9.59 Å². The van der Waals surface area contributed by atoms with Gasteiger partial charge in [-0.1, -0.05) is 39.0 Å². The molecule has 27 heavy (non-hydrogen) atoms. The summed E-state index contributed by atoms with van der Waals surface area (Å²) in [5, 5.41) is 2.68. The van der Waals surface area contributed by atoms with Crippen LogP contribution in [-0.2, 0) is 16.1 Å². The predicted octanol–water partition coefficient (Wildman–Crippen LogP) is 3.49. The fraction of sp³-hybridized carbons (Fsp3) is 0.579. The molecule has 0 saturated carbocycles. The Hall–Kier alpha value is -2.25. The van der Waals surface area contributed by atoms with E-state index in [0.717, 1.165) is 0 Å². The summed E-state index contributed by atoms with van der Waals surface area (Å²) < 4.78 is 41.4. The van der Waals surface area contributed by atoms with Crippen molar-refractivity contribution >= 4 is 11.8 Å². The number of para-hydroxylation sites is 1. The number of alkyl halides is 3. The van der Waals surface area contributed by atoms with E-state index in [2.05, 4.69) is 10.1 Å². The van der Waals surface area contributed by atoms with Gasteiger partial charge < -0.3 is 15.0 Å². The quantitative estimate of drug-likeness (QED) is 0.862. The van der Waals surface area contributed by atoms with Gasteiger partial charge in [0.2, 0.25) is 11.8 Å². The number of benzene rings is 1. The Morgan fingerprint density at radius 1 is 1.15 bits per heavy atom. The number of amides is 2. The lowest BCUT2D eigenvalue weighted by atomic mass is 9.90. The second-order valence-corrected chi connectivity index (χ2v) is 7.69. The molecule has 5 nitrogen and oxygen atoms in total. The molecule has 0 aromatic heterocycles. The second kappa shape index (κ2) is 8.19. The maximum Gasteiger partial charge on any atom is 0.573 e. The van der Waals surface area contributed by atoms with E-state index in [4.69, 9.17) is 0 Å². The summed E-state index contributed by atoms with van der Waals surface area (Å²) in [7, 11) is 0. The van der Waals surface area contributed by atoms with E-state index in [-0.39, 0.29) is 35.6 Å². The van der Waals surface area contributed by atoms with Crippen LogP contribution in [0.3, 0.4) is 0 Å². The van der Waals surface area contributed by atoms with E-state index in [1.807, 2.05) is 20.8 Å². The minimum absolute atomic E-state index is 0.0494. The normalized spacial score (nSPS) is 16.1. The molecule has 150 valence electrons. The Balaban J connectivity index is 1.88. The van der Waals surface area contributed by atoms with Crippen LogP contribution in [0.15, 0.2) is 24.3 Å². The summed E-state index contributed by atoms with van der Waals surface area (Å²) in [6, 6.07) is 5.72. The summed E-state index contributed by atoms with van der Waals surface area (Å²) in [6.07, 6.45) is -3.71. The molecular formula is C19H25F3N2O3. The van der Waals surface area contributed by atoms with Gasteiger partial charge in [0.15, 0.2) is 0 Å². The van der Waals surface area contributed by atoms with Gasteiger partial charge in [0.05, 0.1) is 0 Å². The van der Waals surface area contributed by atoms with E-state index in [0.29, 0.717) is 25.9 Å². The zero-order valence-corrected chi connectivity index (χ0v) is 15.7. The van der Waals surface area contributed by atoms with Crippen molar-refractivity contribution in [1.82, 2.24) is 10.2 Å². The number of carbonyl (C=O) groups is 2. The topological polar surface area (TPSA) is 58.6 Å². The lowest BCUT2D eigenvalue weighted by molar-refractivity contribution is -0.274. The highest BCUT2D eigenvalue weighted by atomic mass is 19.4. The summed E-state index contributed by atoms with van der Waals surface area (Å²) >= 11 is 0. The highest BCUT2D eigenvalue weighted by Crippen LogP contribution is 2.27. The van der Waals surface area contributed by atoms with Gasteiger partial charge in [0.1, 0.15) is 5.75 Å². The van der Waals surface area contributed by atoms with Crippen molar-refractivity contribution in [1.29, 1.82) is 0 Å². The molecule has 0 spiro atoms. The number of nitrogens with one attached hydrogen (secondary N) is 1. The van der Waals surface area contributed by atoms with Crippen LogP contribution in [0.25, 0.3) is 0 Å². The molecule has 8 heteroatoms. The van der Waals surface area contributed by atoms with Crippen LogP contribution in [0.2, 0.25) is 0 Å². The molecule has 1 N–H and O–H groups in total. The predicted molar refractivity (Wildman–Crippen MR) is 93.7 cm³/mol. The second-order valence-electron chi connectivity index (χ2n) is 7.69. The largest absolute Gasteiger partial charge is 0.573 e. The Morgan fingerprint density at radius 2 is 1.74 bits per heavy atom. The molecule has 0 aliphatic carbocycles. The molecule has 2 rings (SSSR count). The first-order valence-electron chi connectivity index (χ1n) is 8.88. The van der Waals surface area contributed by atoms with E-state index in [9.17, 15) is 22.8 Å². The molecule has 1 aromatic rings. The Labute approximate surface area is 156 Å². The average Bonchev–Trinajstić information content (AvgIpc) is 2.58. The lowest BCUT2D eigenvalue weighted by Gasteiger charge is -2.35. The van der Waals surface area contributed by atoms with Crippen LogP contribution >= 0.6 is 0 Å². The molecule has 1 aliphatic rings. The fourth-order valence-electron chi connectivity index (χ4n) is 3.02. The van der Waals surface area contributed by atoms with E-state index >= 15 is 0 Å². The minimum atomic E-state index is -4.79. The molecule has 0 radical (unpaired) electrons. The summed E-state index contributed by atoms with van der Waals surface area (Å²) in [5.74, 6) is -0.750. The number of piperidine rings is 1. The number of rotatable bonds is 4. The SMILES string of the molecule is CC(C)(C)C(=O)N1CCC(C(=O)NCc2ccccc2OC(F)(F)F)CC1. The Morgan fingerprint density at radius 3 is 2.30 bits per heavy atom. The monoisotopic (exact) mass is 386 g/mol. The highest BCUT2D eigenvalue weighted by molar-refractivity contribution is 5.82. The molecule has 2 amide bonds. The molecule has 0 bridgehead atoms. The van der Waals surface area contributed by atoms with Gasteiger partial charge in [-0.15, -0.1) is 13.2 Å². The third kappa shape index (κ3) is 6.15. The minimum Gasteiger partial charge on any atom is -0.405 e. The zero-order valence-electron chi connectivity index (χ0n) is 15.7. The van der Waals surface area contributed by atoms with Crippen LogP contribution < -0.4 is 10.1 Å². The van der Waals surface area contributed by atoms with Gasteiger partial charge in [-0.2, -0.15) is 0 Å². The van der Waals surface area contributed by atoms with E-state index in [1.165, 1.54) is 18.2 Å². The van der Waals surface area contributed by atoms with Crippen molar-refractivity contribution in [3.05, 3.63) is 29.8 Å². The zero-order chi connectivity index (χ0) is 20.2. The number of halogens is 3. The van der Waals surface area contributed by atoms with Gasteiger partial charge in [-0.25, -0.2) is 0 Å². The number of hydrogen-bond acceptors (Lipinski definition) is 3. The summed E-state index contributed by atoms with van der Waals surface area (Å²) in [5.41, 5.74) is -0.208. The van der Waals surface area contributed by atoms with Crippen LogP contribution in [-0.4, -0.2) is 36.2 Å². The van der Waals surface area contributed by atoms with Crippen molar-refractivity contribution in [3.63, 3.8) is 0 Å². The number of ether oxygens (including phenoxy) is 1. The maximum atomic E-state index is 12.5. The molecular weight excluding hydrogens is 361 g/mol. The molecule has 0 unspecified atom stereocenters. The lowest BCUT2D eigenvalue weighted by Crippen LogP contribution is -2.46. The first kappa shape index (κ1) is 21.1. The third-order valence-corrected chi connectivity index (χ3v) is 4.45. The number of nitrogens with zero attached hydrogens (tertiary/aromatic N) is 1. The van der Waals surface area contributed by atoms with E-state index in [1.54, 1.807) is 11.0 Å². The van der Waals surface area contributed by atoms with Crippen LogP contribution in [0.5, 0.6) is 5.75 Å². The average molecular weight is 386 g/mol. The Kier molecular flexibility index (Phi) is 6.38. The van der Waals surface area contributed by atoms with Gasteiger partial charge >= 0.3 is 6.36 Å².